The summed E-state index contributed by atoms with van der Waals surface area (Å²) >= 11 is 5.29. The first-order valence-electron chi connectivity index (χ1n) is 9.23. The third-order valence-electron chi connectivity index (χ3n) is 4.92. The molecule has 0 bridgehead atoms. The van der Waals surface area contributed by atoms with Gasteiger partial charge in [-0.05, 0) is 12.1 Å². The summed E-state index contributed by atoms with van der Waals surface area (Å²) in [6.45, 7) is 3.70. The molecule has 2 amide bonds. The van der Waals surface area contributed by atoms with E-state index in [1.165, 1.54) is 22.7 Å². The Morgan fingerprint density at radius 2 is 1.94 bits per heavy atom. The van der Waals surface area contributed by atoms with E-state index in [9.17, 15) is 34.1 Å². The number of nitrogens with zero attached hydrogens (tertiary/aromatic N) is 3. The largest absolute Gasteiger partial charge is 0.506 e. The normalized spacial score (nSPS) is 16.4. The van der Waals surface area contributed by atoms with Crippen LogP contribution in [0.25, 0.3) is 0 Å². The number of imidazole rings is 1. The van der Waals surface area contributed by atoms with Crippen LogP contribution in [0.5, 0.6) is 5.75 Å². The van der Waals surface area contributed by atoms with Crippen molar-refractivity contribution in [2.24, 2.45) is 7.05 Å². The van der Waals surface area contributed by atoms with Crippen molar-refractivity contribution in [3.8, 4) is 5.75 Å². The minimum Gasteiger partial charge on any atom is -0.506 e. The Bertz CT molecular complexity index is 1150. The SMILES string of the molecule is C=CC(=O)N1CC(NC(=O)c2cnc(CNc3cc(S(F)(F)(F)(F)F)c(Cl)cc3O)n2C)C1. The van der Waals surface area contributed by atoms with Gasteiger partial charge >= 0.3 is 10.2 Å². The van der Waals surface area contributed by atoms with E-state index in [-0.39, 0.29) is 36.1 Å². The Labute approximate surface area is 189 Å². The van der Waals surface area contributed by atoms with Gasteiger partial charge in [-0.1, -0.05) is 37.6 Å². The molecule has 0 atom stereocenters. The van der Waals surface area contributed by atoms with Crippen LogP contribution in [0.15, 0.2) is 35.9 Å². The number of carbonyl (C=O) groups excluding carboxylic acids is 2. The van der Waals surface area contributed by atoms with Crippen molar-refractivity contribution in [1.29, 1.82) is 0 Å². The van der Waals surface area contributed by atoms with Gasteiger partial charge in [0.1, 0.15) is 22.2 Å². The lowest BCUT2D eigenvalue weighted by molar-refractivity contribution is -0.130. The molecule has 1 aliphatic rings. The van der Waals surface area contributed by atoms with Crippen LogP contribution in [-0.4, -0.2) is 50.5 Å². The second-order valence-corrected chi connectivity index (χ2v) is 10.1. The minimum absolute atomic E-state index is 0.0304. The van der Waals surface area contributed by atoms with E-state index >= 15 is 0 Å². The van der Waals surface area contributed by atoms with Crippen molar-refractivity contribution < 1.29 is 34.1 Å². The predicted molar refractivity (Wildman–Crippen MR) is 113 cm³/mol. The van der Waals surface area contributed by atoms with Crippen molar-refractivity contribution in [2.45, 2.75) is 17.5 Å². The van der Waals surface area contributed by atoms with Gasteiger partial charge in [-0.15, -0.1) is 0 Å². The number of hydrogen-bond donors (Lipinski definition) is 3. The van der Waals surface area contributed by atoms with Crippen molar-refractivity contribution >= 4 is 39.3 Å². The van der Waals surface area contributed by atoms with Crippen LogP contribution < -0.4 is 10.6 Å². The number of benzene rings is 1. The number of halogens is 6. The molecule has 1 fully saturated rings. The van der Waals surface area contributed by atoms with E-state index in [0.29, 0.717) is 19.2 Å². The molecule has 1 aromatic heterocycles. The van der Waals surface area contributed by atoms with Crippen LogP contribution >= 0.6 is 21.8 Å². The predicted octanol–water partition coefficient (Wildman–Crippen LogP) is 4.18. The highest BCUT2D eigenvalue weighted by Crippen LogP contribution is 3.02. The summed E-state index contributed by atoms with van der Waals surface area (Å²) in [6, 6.07) is 0.130. The molecule has 3 rings (SSSR count). The highest BCUT2D eigenvalue weighted by molar-refractivity contribution is 8.45. The summed E-state index contributed by atoms with van der Waals surface area (Å²) in [5.41, 5.74) is -0.522. The van der Waals surface area contributed by atoms with Crippen molar-refractivity contribution in [2.75, 3.05) is 18.4 Å². The minimum atomic E-state index is -10.1. The molecule has 0 radical (unpaired) electrons. The number of amides is 2. The molecule has 1 saturated heterocycles. The number of rotatable bonds is 7. The van der Waals surface area contributed by atoms with Gasteiger partial charge in [0.25, 0.3) is 5.91 Å². The number of aromatic hydroxyl groups is 1. The Morgan fingerprint density at radius 1 is 1.30 bits per heavy atom. The zero-order valence-electron chi connectivity index (χ0n) is 17.0. The van der Waals surface area contributed by atoms with Gasteiger partial charge < -0.3 is 25.2 Å². The van der Waals surface area contributed by atoms with Crippen LogP contribution in [0.1, 0.15) is 16.3 Å². The second kappa shape index (κ2) is 7.52. The fourth-order valence-electron chi connectivity index (χ4n) is 3.12. The van der Waals surface area contributed by atoms with Gasteiger partial charge in [0.2, 0.25) is 5.91 Å². The van der Waals surface area contributed by atoms with E-state index in [1.54, 1.807) is 0 Å². The van der Waals surface area contributed by atoms with Gasteiger partial charge in [-0.2, -0.15) is 0 Å². The third kappa shape index (κ3) is 5.33. The molecular weight excluding hydrogens is 497 g/mol. The zero-order chi connectivity index (χ0) is 24.8. The van der Waals surface area contributed by atoms with E-state index in [2.05, 4.69) is 22.2 Å². The van der Waals surface area contributed by atoms with Crippen molar-refractivity contribution in [3.63, 3.8) is 0 Å². The Hall–Kier alpha value is -3.00. The van der Waals surface area contributed by atoms with E-state index in [4.69, 9.17) is 11.6 Å². The van der Waals surface area contributed by atoms with Crippen LogP contribution in [-0.2, 0) is 18.4 Å². The topological polar surface area (TPSA) is 99.5 Å². The molecule has 8 nitrogen and oxygen atoms in total. The number of likely N-dealkylation sites (tertiary alicyclic amines) is 1. The van der Waals surface area contributed by atoms with Crippen LogP contribution in [0.4, 0.5) is 25.1 Å². The molecule has 0 saturated carbocycles. The molecular formula is C18H19ClF5N5O3S. The lowest BCUT2D eigenvalue weighted by atomic mass is 10.1. The Kier molecular flexibility index (Phi) is 5.61. The molecule has 1 aromatic carbocycles. The first-order valence-corrected chi connectivity index (χ1v) is 11.6. The summed E-state index contributed by atoms with van der Waals surface area (Å²) in [5, 5.41) is 13.6. The maximum atomic E-state index is 13.2. The lowest BCUT2D eigenvalue weighted by Crippen LogP contribution is -2.60. The smallest absolute Gasteiger partial charge is 0.311 e. The standard InChI is InChI=1S/C18H19ClF5N5O3S/c1-3-17(31)29-8-10(9-29)27-18(32)13-6-26-16(28(13)2)7-25-12-5-15(11(19)4-14(12)30)33(20,21,22,23)24/h3-6,10,25,30H,1,7-9H2,2H3,(H,27,32). The number of hydrogen-bond acceptors (Lipinski definition) is 5. The number of aromatic nitrogens is 2. The molecule has 15 heteroatoms. The fraction of sp³-hybridized carbons (Fsp3) is 0.278. The highest BCUT2D eigenvalue weighted by atomic mass is 35.5. The van der Waals surface area contributed by atoms with Gasteiger partial charge in [0.05, 0.1) is 29.5 Å². The van der Waals surface area contributed by atoms with Crippen LogP contribution in [0.3, 0.4) is 0 Å². The van der Waals surface area contributed by atoms with Gasteiger partial charge in [0.15, 0.2) is 0 Å². The summed E-state index contributed by atoms with van der Waals surface area (Å²) in [7, 11) is -8.63. The zero-order valence-corrected chi connectivity index (χ0v) is 18.6. The summed E-state index contributed by atoms with van der Waals surface area (Å²) in [4.78, 5) is 27.0. The Morgan fingerprint density at radius 3 is 2.52 bits per heavy atom. The average Bonchev–Trinajstić information content (AvgIpc) is 3.01. The summed E-state index contributed by atoms with van der Waals surface area (Å²) in [6.07, 6.45) is 2.39. The van der Waals surface area contributed by atoms with E-state index in [1.807, 2.05) is 0 Å². The first kappa shape index (κ1) is 24.6. The number of carbonyl (C=O) groups is 2. The molecule has 2 heterocycles. The molecule has 0 unspecified atom stereocenters. The Balaban J connectivity index is 1.70. The lowest BCUT2D eigenvalue weighted by Gasteiger charge is -2.41. The second-order valence-electron chi connectivity index (χ2n) is 7.36. The molecule has 3 N–H and O–H groups in total. The van der Waals surface area contributed by atoms with E-state index in [0.717, 1.165) is 6.08 Å². The number of phenols is 1. The van der Waals surface area contributed by atoms with Gasteiger partial charge in [0, 0.05) is 26.2 Å². The van der Waals surface area contributed by atoms with Crippen LogP contribution in [0, 0.1) is 0 Å². The fourth-order valence-corrected chi connectivity index (χ4v) is 4.48. The number of phenolic OH excluding ortho intramolecular Hbond substituents is 1. The summed E-state index contributed by atoms with van der Waals surface area (Å²) in [5.74, 6) is -1.36. The molecule has 33 heavy (non-hydrogen) atoms. The molecule has 0 aliphatic carbocycles. The van der Waals surface area contributed by atoms with Crippen molar-refractivity contribution in [1.82, 2.24) is 19.8 Å². The molecule has 0 spiro atoms. The third-order valence-corrected chi connectivity index (χ3v) is 6.52. The number of nitrogens with one attached hydrogen (secondary N) is 2. The average molecular weight is 516 g/mol. The van der Waals surface area contributed by atoms with E-state index < -0.39 is 37.5 Å². The summed E-state index contributed by atoms with van der Waals surface area (Å²) < 4.78 is 67.3. The molecule has 2 aromatic rings. The number of anilines is 1. The maximum Gasteiger partial charge on any atom is 0.311 e. The van der Waals surface area contributed by atoms with Gasteiger partial charge in [-0.3, -0.25) is 9.59 Å². The first-order chi connectivity index (χ1) is 15.0. The monoisotopic (exact) mass is 515 g/mol. The molecule has 1 aliphatic heterocycles. The maximum absolute atomic E-state index is 13.2. The van der Waals surface area contributed by atoms with Gasteiger partial charge in [-0.25, -0.2) is 4.98 Å². The molecule has 182 valence electrons. The highest BCUT2D eigenvalue weighted by Gasteiger charge is 2.66. The quantitative estimate of drug-likeness (QED) is 0.292. The van der Waals surface area contributed by atoms with Crippen molar-refractivity contribution in [3.05, 3.63) is 47.5 Å². The van der Waals surface area contributed by atoms with Crippen LogP contribution in [0.2, 0.25) is 5.02 Å².